The summed E-state index contributed by atoms with van der Waals surface area (Å²) in [6, 6.07) is 0. The first-order valence-corrected chi connectivity index (χ1v) is 3.94. The molecule has 54 valence electrons. The second-order valence-electron chi connectivity index (χ2n) is 1.85. The third-order valence-electron chi connectivity index (χ3n) is 1.10. The number of halogens is 2. The van der Waals surface area contributed by atoms with Crippen molar-refractivity contribution in [1.29, 1.82) is 0 Å². The molecule has 0 aliphatic heterocycles. The zero-order valence-corrected chi connectivity index (χ0v) is 7.85. The SMILES string of the molecule is CCN(C)C/C=C(/F)I. The number of nitrogens with zero attached hydrogens (tertiary/aromatic N) is 1. The van der Waals surface area contributed by atoms with Crippen molar-refractivity contribution in [3.63, 3.8) is 0 Å². The fourth-order valence-electron chi connectivity index (χ4n) is 0.354. The molecule has 0 N–H and O–H groups in total. The van der Waals surface area contributed by atoms with Gasteiger partial charge in [0.1, 0.15) is 0 Å². The largest absolute Gasteiger partial charge is 0.303 e. The van der Waals surface area contributed by atoms with E-state index in [2.05, 4.69) is 0 Å². The van der Waals surface area contributed by atoms with Crippen LogP contribution in [0.25, 0.3) is 0 Å². The van der Waals surface area contributed by atoms with E-state index in [1.165, 1.54) is 0 Å². The van der Waals surface area contributed by atoms with Crippen LogP contribution in [-0.4, -0.2) is 25.0 Å². The Morgan fingerprint density at radius 1 is 1.78 bits per heavy atom. The fraction of sp³-hybridized carbons (Fsp3) is 0.667. The summed E-state index contributed by atoms with van der Waals surface area (Å²) in [6.45, 7) is 3.70. The lowest BCUT2D eigenvalue weighted by Gasteiger charge is -2.08. The quantitative estimate of drug-likeness (QED) is 0.686. The minimum absolute atomic E-state index is 0.132. The van der Waals surface area contributed by atoms with E-state index < -0.39 is 0 Å². The van der Waals surface area contributed by atoms with Crippen LogP contribution >= 0.6 is 22.6 Å². The molecule has 0 radical (unpaired) electrons. The Hall–Kier alpha value is 0.360. The van der Waals surface area contributed by atoms with Crippen LogP contribution in [0.15, 0.2) is 9.91 Å². The third kappa shape index (κ3) is 6.24. The molecule has 0 aliphatic rings. The molecule has 0 rings (SSSR count). The maximum atomic E-state index is 12.0. The molecule has 0 unspecified atom stereocenters. The van der Waals surface area contributed by atoms with Gasteiger partial charge in [0, 0.05) is 6.54 Å². The van der Waals surface area contributed by atoms with Gasteiger partial charge in [-0.15, -0.1) is 0 Å². The Labute approximate surface area is 69.1 Å². The second kappa shape index (κ2) is 5.17. The highest BCUT2D eigenvalue weighted by atomic mass is 127. The van der Waals surface area contributed by atoms with Crippen LogP contribution in [0.4, 0.5) is 4.39 Å². The highest BCUT2D eigenvalue weighted by Crippen LogP contribution is 2.05. The van der Waals surface area contributed by atoms with Crippen molar-refractivity contribution in [2.45, 2.75) is 6.92 Å². The van der Waals surface area contributed by atoms with Crippen molar-refractivity contribution >= 4 is 22.6 Å². The summed E-state index contributed by atoms with van der Waals surface area (Å²) in [5.74, 6) is 0. The lowest BCUT2D eigenvalue weighted by Crippen LogP contribution is -2.16. The Kier molecular flexibility index (Phi) is 5.38. The molecule has 0 saturated heterocycles. The monoisotopic (exact) mass is 243 g/mol. The Morgan fingerprint density at radius 2 is 2.33 bits per heavy atom. The smallest absolute Gasteiger partial charge is 0.157 e. The van der Waals surface area contributed by atoms with Gasteiger partial charge in [-0.05, 0) is 42.3 Å². The molecule has 0 aliphatic carbocycles. The van der Waals surface area contributed by atoms with Crippen LogP contribution in [0, 0.1) is 0 Å². The first-order valence-electron chi connectivity index (χ1n) is 2.86. The molecule has 0 spiro atoms. The number of hydrogen-bond donors (Lipinski definition) is 0. The minimum Gasteiger partial charge on any atom is -0.303 e. The van der Waals surface area contributed by atoms with E-state index >= 15 is 0 Å². The summed E-state index contributed by atoms with van der Waals surface area (Å²) in [7, 11) is 1.95. The lowest BCUT2D eigenvalue weighted by atomic mass is 10.5. The van der Waals surface area contributed by atoms with Crippen LogP contribution < -0.4 is 0 Å². The van der Waals surface area contributed by atoms with Gasteiger partial charge >= 0.3 is 0 Å². The zero-order chi connectivity index (χ0) is 7.28. The summed E-state index contributed by atoms with van der Waals surface area (Å²) >= 11 is 1.66. The number of rotatable bonds is 3. The molecule has 1 nitrogen and oxygen atoms in total. The zero-order valence-electron chi connectivity index (χ0n) is 5.69. The van der Waals surface area contributed by atoms with Gasteiger partial charge in [0.05, 0.1) is 0 Å². The second-order valence-corrected chi connectivity index (χ2v) is 2.88. The lowest BCUT2D eigenvalue weighted by molar-refractivity contribution is 0.390. The van der Waals surface area contributed by atoms with Crippen LogP contribution in [0.5, 0.6) is 0 Å². The summed E-state index contributed by atoms with van der Waals surface area (Å²) in [5.41, 5.74) is 0. The molecule has 0 aromatic rings. The fourth-order valence-corrected chi connectivity index (χ4v) is 0.551. The van der Waals surface area contributed by atoms with Crippen LogP contribution in [-0.2, 0) is 0 Å². The van der Waals surface area contributed by atoms with Gasteiger partial charge in [-0.3, -0.25) is 0 Å². The average molecular weight is 243 g/mol. The summed E-state index contributed by atoms with van der Waals surface area (Å²) in [5, 5.41) is 0. The van der Waals surface area contributed by atoms with Gasteiger partial charge in [0.2, 0.25) is 0 Å². The van der Waals surface area contributed by atoms with Gasteiger partial charge in [-0.2, -0.15) is 0 Å². The normalized spacial score (nSPS) is 12.8. The molecule has 0 amide bonds. The highest BCUT2D eigenvalue weighted by Gasteiger charge is 1.90. The van der Waals surface area contributed by atoms with Gasteiger partial charge in [-0.25, -0.2) is 4.39 Å². The predicted octanol–water partition coefficient (Wildman–Crippen LogP) is 2.18. The van der Waals surface area contributed by atoms with E-state index in [1.807, 2.05) is 18.9 Å². The summed E-state index contributed by atoms with van der Waals surface area (Å²) < 4.78 is 11.9. The molecule has 0 fully saturated rings. The minimum atomic E-state index is -0.132. The Morgan fingerprint density at radius 3 is 2.67 bits per heavy atom. The maximum Gasteiger partial charge on any atom is 0.157 e. The summed E-state index contributed by atoms with van der Waals surface area (Å²) in [4.78, 5) is 2.03. The van der Waals surface area contributed by atoms with Crippen molar-refractivity contribution in [3.8, 4) is 0 Å². The molecule has 0 aromatic heterocycles. The standard InChI is InChI=1S/C6H11FIN/c1-3-9(2)5-4-6(7)8/h4H,3,5H2,1-2H3/b6-4-. The van der Waals surface area contributed by atoms with Crippen LogP contribution in [0.2, 0.25) is 0 Å². The third-order valence-corrected chi connectivity index (χ3v) is 1.54. The van der Waals surface area contributed by atoms with Crippen molar-refractivity contribution in [3.05, 3.63) is 9.91 Å². The van der Waals surface area contributed by atoms with E-state index in [0.29, 0.717) is 6.54 Å². The molecule has 0 heterocycles. The van der Waals surface area contributed by atoms with Gasteiger partial charge in [-0.1, -0.05) is 6.92 Å². The van der Waals surface area contributed by atoms with Crippen molar-refractivity contribution in [2.75, 3.05) is 20.1 Å². The van der Waals surface area contributed by atoms with Crippen LogP contribution in [0.3, 0.4) is 0 Å². The topological polar surface area (TPSA) is 3.24 Å². The van der Waals surface area contributed by atoms with Crippen molar-refractivity contribution in [2.24, 2.45) is 0 Å². The molecule has 0 aromatic carbocycles. The van der Waals surface area contributed by atoms with Crippen molar-refractivity contribution in [1.82, 2.24) is 4.90 Å². The van der Waals surface area contributed by atoms with E-state index in [1.54, 1.807) is 28.7 Å². The predicted molar refractivity (Wildman–Crippen MR) is 46.4 cm³/mol. The van der Waals surface area contributed by atoms with E-state index in [9.17, 15) is 4.39 Å². The average Bonchev–Trinajstić information content (AvgIpc) is 1.83. The first kappa shape index (κ1) is 9.36. The molecular formula is C6H11FIN. The molecule has 0 bridgehead atoms. The van der Waals surface area contributed by atoms with E-state index in [4.69, 9.17) is 0 Å². The number of likely N-dealkylation sites (N-methyl/N-ethyl adjacent to an activating group) is 1. The van der Waals surface area contributed by atoms with Gasteiger partial charge in [0.15, 0.2) is 3.83 Å². The molecule has 0 atom stereocenters. The molecular weight excluding hydrogens is 232 g/mol. The molecule has 3 heteroatoms. The Bertz CT molecular complexity index is 99.2. The van der Waals surface area contributed by atoms with Crippen molar-refractivity contribution < 1.29 is 4.39 Å². The molecule has 0 saturated carbocycles. The van der Waals surface area contributed by atoms with E-state index in [-0.39, 0.29) is 3.83 Å². The van der Waals surface area contributed by atoms with Crippen LogP contribution in [0.1, 0.15) is 6.92 Å². The van der Waals surface area contributed by atoms with Gasteiger partial charge < -0.3 is 4.90 Å². The highest BCUT2D eigenvalue weighted by molar-refractivity contribution is 14.1. The molecule has 9 heavy (non-hydrogen) atoms. The first-order chi connectivity index (χ1) is 4.16. The Balaban J connectivity index is 3.37. The maximum absolute atomic E-state index is 12.0. The van der Waals surface area contributed by atoms with Gasteiger partial charge in [0.25, 0.3) is 0 Å². The summed E-state index contributed by atoms with van der Waals surface area (Å²) in [6.07, 6.45) is 1.56. The number of hydrogen-bond acceptors (Lipinski definition) is 1. The van der Waals surface area contributed by atoms with E-state index in [0.717, 1.165) is 6.54 Å².